The Labute approximate surface area is 187 Å². The van der Waals surface area contributed by atoms with Gasteiger partial charge in [-0.05, 0) is 44.2 Å². The molecule has 1 atom stereocenters. The van der Waals surface area contributed by atoms with Gasteiger partial charge in [0.15, 0.2) is 0 Å². The number of amides is 2. The van der Waals surface area contributed by atoms with Crippen molar-refractivity contribution in [1.29, 1.82) is 0 Å². The number of nitrogens with one attached hydrogen (secondary N) is 2. The Bertz CT molecular complexity index is 1210. The van der Waals surface area contributed by atoms with Crippen LogP contribution in [0, 0.1) is 5.95 Å². The quantitative estimate of drug-likeness (QED) is 0.476. The van der Waals surface area contributed by atoms with E-state index < -0.39 is 17.9 Å². The predicted octanol–water partition coefficient (Wildman–Crippen LogP) is 1.94. The number of halogens is 1. The number of nitrogens with zero attached hydrogens (tertiary/aromatic N) is 5. The minimum atomic E-state index is -0.716. The summed E-state index contributed by atoms with van der Waals surface area (Å²) in [5, 5.41) is 5.81. The predicted molar refractivity (Wildman–Crippen MR) is 116 cm³/mol. The van der Waals surface area contributed by atoms with E-state index in [1.165, 1.54) is 24.5 Å². The number of carbonyl (C=O) groups excluding carboxylic acids is 2. The van der Waals surface area contributed by atoms with Gasteiger partial charge in [-0.2, -0.15) is 9.37 Å². The molecule has 1 fully saturated rings. The lowest BCUT2D eigenvalue weighted by Gasteiger charge is -2.25. The van der Waals surface area contributed by atoms with Gasteiger partial charge in [-0.25, -0.2) is 15.0 Å². The summed E-state index contributed by atoms with van der Waals surface area (Å²) in [6.45, 7) is 0.614. The Balaban J connectivity index is 1.40. The molecule has 4 heterocycles. The minimum absolute atomic E-state index is 0.0602. The highest BCUT2D eigenvalue weighted by atomic mass is 19.1. The van der Waals surface area contributed by atoms with Crippen molar-refractivity contribution in [1.82, 2.24) is 19.9 Å². The number of oxazole rings is 1. The Kier molecular flexibility index (Phi) is 5.32. The Morgan fingerprint density at radius 3 is 2.79 bits per heavy atom. The van der Waals surface area contributed by atoms with Crippen molar-refractivity contribution in [3.63, 3.8) is 0 Å². The Morgan fingerprint density at radius 2 is 2.03 bits per heavy atom. The number of aryl methyl sites for hydroxylation is 1. The molecule has 3 aromatic rings. The highest BCUT2D eigenvalue weighted by Gasteiger charge is 2.34. The summed E-state index contributed by atoms with van der Waals surface area (Å²) in [6.07, 6.45) is 6.47. The van der Waals surface area contributed by atoms with E-state index in [0.29, 0.717) is 30.4 Å². The highest BCUT2D eigenvalue weighted by Crippen LogP contribution is 2.32. The van der Waals surface area contributed by atoms with Crippen LogP contribution >= 0.6 is 0 Å². The lowest BCUT2D eigenvalue weighted by atomic mass is 10.2. The summed E-state index contributed by atoms with van der Waals surface area (Å²) in [7, 11) is 0. The Morgan fingerprint density at radius 1 is 1.15 bits per heavy atom. The number of aromatic nitrogens is 4. The van der Waals surface area contributed by atoms with Crippen LogP contribution in [-0.2, 0) is 17.6 Å². The average molecular weight is 452 g/mol. The maximum atomic E-state index is 13.1. The fourth-order valence-corrected chi connectivity index (χ4v) is 4.15. The fraction of sp³-hybridized carbons (Fsp3) is 0.333. The van der Waals surface area contributed by atoms with E-state index in [1.807, 2.05) is 4.90 Å². The summed E-state index contributed by atoms with van der Waals surface area (Å²) in [6, 6.07) is 2.27. The molecule has 0 radical (unpaired) electrons. The van der Waals surface area contributed by atoms with Crippen molar-refractivity contribution in [2.75, 3.05) is 22.1 Å². The molecule has 5 rings (SSSR count). The number of anilines is 4. The first-order valence-electron chi connectivity index (χ1n) is 10.6. The number of hydrogen-bond donors (Lipinski definition) is 3. The first-order chi connectivity index (χ1) is 16.0. The van der Waals surface area contributed by atoms with E-state index in [-0.39, 0.29) is 17.7 Å². The lowest BCUT2D eigenvalue weighted by molar-refractivity contribution is -0.117. The van der Waals surface area contributed by atoms with Gasteiger partial charge in [0, 0.05) is 12.1 Å². The van der Waals surface area contributed by atoms with Crippen LogP contribution in [0.4, 0.5) is 27.9 Å². The number of rotatable bonds is 6. The number of primary amides is 1. The second-order valence-corrected chi connectivity index (χ2v) is 7.88. The molecule has 33 heavy (non-hydrogen) atoms. The molecule has 0 aromatic carbocycles. The van der Waals surface area contributed by atoms with Crippen LogP contribution in [0.3, 0.4) is 0 Å². The van der Waals surface area contributed by atoms with Crippen LogP contribution in [0.2, 0.25) is 0 Å². The first kappa shape index (κ1) is 20.8. The molecule has 1 aliphatic heterocycles. The molecular formula is C21H21FN8O3. The van der Waals surface area contributed by atoms with Gasteiger partial charge in [0.05, 0.1) is 23.8 Å². The second kappa shape index (κ2) is 8.45. The summed E-state index contributed by atoms with van der Waals surface area (Å²) in [4.78, 5) is 43.1. The number of hydrogen-bond acceptors (Lipinski definition) is 9. The van der Waals surface area contributed by atoms with E-state index in [4.69, 9.17) is 15.1 Å². The summed E-state index contributed by atoms with van der Waals surface area (Å²) in [5.74, 6) is -0.676. The van der Waals surface area contributed by atoms with Crippen LogP contribution in [0.1, 0.15) is 41.1 Å². The maximum absolute atomic E-state index is 13.1. The number of nitrogens with two attached hydrogens (primary N) is 1. The van der Waals surface area contributed by atoms with Gasteiger partial charge < -0.3 is 20.4 Å². The van der Waals surface area contributed by atoms with Gasteiger partial charge in [0.25, 0.3) is 5.91 Å². The second-order valence-electron chi connectivity index (χ2n) is 7.88. The summed E-state index contributed by atoms with van der Waals surface area (Å²) >= 11 is 0. The molecule has 11 nitrogen and oxygen atoms in total. The maximum Gasteiger partial charge on any atom is 0.301 e. The largest absolute Gasteiger partial charge is 0.418 e. The van der Waals surface area contributed by atoms with Crippen molar-refractivity contribution in [2.24, 2.45) is 5.73 Å². The average Bonchev–Trinajstić information content (AvgIpc) is 3.55. The van der Waals surface area contributed by atoms with Crippen LogP contribution in [0.25, 0.3) is 0 Å². The van der Waals surface area contributed by atoms with Crippen molar-refractivity contribution in [3.05, 3.63) is 47.5 Å². The SMILES string of the molecule is NC(=O)c1cnc(Nc2nc(N3CCC[C@H]3C(=O)Nc3ccc(F)nc3)nc3c2CCC3)o1. The Hall–Kier alpha value is -4.09. The third-order valence-electron chi connectivity index (χ3n) is 5.70. The molecule has 1 aliphatic carbocycles. The van der Waals surface area contributed by atoms with Gasteiger partial charge in [0.1, 0.15) is 11.9 Å². The van der Waals surface area contributed by atoms with Crippen LogP contribution in [0.15, 0.2) is 28.9 Å². The fourth-order valence-electron chi connectivity index (χ4n) is 4.15. The monoisotopic (exact) mass is 452 g/mol. The summed E-state index contributed by atoms with van der Waals surface area (Å²) < 4.78 is 18.4. The van der Waals surface area contributed by atoms with E-state index >= 15 is 0 Å². The molecule has 12 heteroatoms. The summed E-state index contributed by atoms with van der Waals surface area (Å²) in [5.41, 5.74) is 7.50. The molecule has 170 valence electrons. The first-order valence-corrected chi connectivity index (χ1v) is 10.6. The molecule has 1 saturated heterocycles. The lowest BCUT2D eigenvalue weighted by Crippen LogP contribution is -2.40. The zero-order valence-electron chi connectivity index (χ0n) is 17.5. The van der Waals surface area contributed by atoms with Crippen molar-refractivity contribution >= 4 is 35.3 Å². The van der Waals surface area contributed by atoms with Crippen LogP contribution < -0.4 is 21.3 Å². The zero-order chi connectivity index (χ0) is 22.9. The normalized spacial score (nSPS) is 17.1. The highest BCUT2D eigenvalue weighted by molar-refractivity contribution is 5.97. The third kappa shape index (κ3) is 4.19. The topological polar surface area (TPSA) is 152 Å². The van der Waals surface area contributed by atoms with Crippen LogP contribution in [-0.4, -0.2) is 44.3 Å². The van der Waals surface area contributed by atoms with Gasteiger partial charge in [-0.3, -0.25) is 14.9 Å². The molecule has 0 bridgehead atoms. The van der Waals surface area contributed by atoms with Gasteiger partial charge >= 0.3 is 6.01 Å². The zero-order valence-corrected chi connectivity index (χ0v) is 17.5. The molecule has 0 unspecified atom stereocenters. The van der Waals surface area contributed by atoms with E-state index in [9.17, 15) is 14.0 Å². The van der Waals surface area contributed by atoms with Crippen molar-refractivity contribution in [2.45, 2.75) is 38.1 Å². The third-order valence-corrected chi connectivity index (χ3v) is 5.70. The number of fused-ring (bicyclic) bond motifs is 1. The van der Waals surface area contributed by atoms with Crippen LogP contribution in [0.5, 0.6) is 0 Å². The smallest absolute Gasteiger partial charge is 0.301 e. The standard InChI is InChI=1S/C21H21FN8O3/c22-16-7-6-11(9-24-16)26-19(32)14-5-2-8-30(14)20-27-13-4-1-3-12(13)18(28-20)29-21-25-10-15(33-21)17(23)31/h6-7,9-10,14H,1-5,8H2,(H2,23,31)(H,26,32)(H,25,27,28,29)/t14-/m0/s1. The number of pyridine rings is 1. The van der Waals surface area contributed by atoms with Gasteiger partial charge in [-0.1, -0.05) is 0 Å². The molecule has 3 aromatic heterocycles. The molecule has 2 aliphatic rings. The number of carbonyl (C=O) groups is 2. The van der Waals surface area contributed by atoms with Crippen molar-refractivity contribution in [3.8, 4) is 0 Å². The van der Waals surface area contributed by atoms with E-state index in [1.54, 1.807) is 0 Å². The van der Waals surface area contributed by atoms with Gasteiger partial charge in [0.2, 0.25) is 23.6 Å². The van der Waals surface area contributed by atoms with Crippen molar-refractivity contribution < 1.29 is 18.4 Å². The molecule has 0 saturated carbocycles. The van der Waals surface area contributed by atoms with E-state index in [2.05, 4.69) is 25.6 Å². The molecule has 0 spiro atoms. The minimum Gasteiger partial charge on any atom is -0.418 e. The molecule has 4 N–H and O–H groups in total. The molecular weight excluding hydrogens is 431 g/mol. The van der Waals surface area contributed by atoms with E-state index in [0.717, 1.165) is 36.9 Å². The molecule has 2 amide bonds. The van der Waals surface area contributed by atoms with Gasteiger partial charge in [-0.15, -0.1) is 0 Å².